The third-order valence-corrected chi connectivity index (χ3v) is 12.5. The second-order valence-electron chi connectivity index (χ2n) is 12.3. The number of rotatable bonds is 11. The Kier molecular flexibility index (Phi) is 10.2. The summed E-state index contributed by atoms with van der Waals surface area (Å²) in [5, 5.41) is 4.90. The molecule has 1 unspecified atom stereocenters. The van der Waals surface area contributed by atoms with Crippen molar-refractivity contribution in [1.29, 1.82) is 0 Å². The Balaban J connectivity index is 1.87. The number of anilines is 1. The summed E-state index contributed by atoms with van der Waals surface area (Å²) in [6.45, 7) is 12.8. The van der Waals surface area contributed by atoms with Gasteiger partial charge >= 0.3 is 0 Å². The van der Waals surface area contributed by atoms with Gasteiger partial charge in [-0.1, -0.05) is 120 Å². The fourth-order valence-electron chi connectivity index (χ4n) is 5.14. The first-order valence-electron chi connectivity index (χ1n) is 13.7. The van der Waals surface area contributed by atoms with Gasteiger partial charge in [-0.15, -0.1) is 0 Å². The van der Waals surface area contributed by atoms with E-state index >= 15 is 0 Å². The van der Waals surface area contributed by atoms with E-state index in [2.05, 4.69) is 71.1 Å². The second kappa shape index (κ2) is 12.8. The van der Waals surface area contributed by atoms with Crippen LogP contribution >= 0.6 is 0 Å². The number of hydrogen-bond donors (Lipinski definition) is 1. The molecular weight excluding hydrogens is 539 g/mol. The number of amides is 1. The molecule has 0 aliphatic heterocycles. The fourth-order valence-corrected chi connectivity index (χ4v) is 10.4. The first kappa shape index (κ1) is 31.7. The Morgan fingerprint density at radius 1 is 0.825 bits per heavy atom. The maximum Gasteiger partial charge on any atom is 0.264 e. The standard InChI is InChI=1S/C32H43NO5SSi/c1-31(2,3)28-20-14-15-21-29(28)33-30(34)23-22-25(38-39(7,35)36)24-37-40(32(4,5)6,26-16-10-8-11-17-26)27-18-12-9-13-19-27/h8-21,25H,22-24H2,1-7H3,(H,33,34). The van der Waals surface area contributed by atoms with Crippen molar-refractivity contribution < 1.29 is 21.8 Å². The van der Waals surface area contributed by atoms with Crippen LogP contribution in [0, 0.1) is 0 Å². The van der Waals surface area contributed by atoms with Crippen molar-refractivity contribution in [1.82, 2.24) is 0 Å². The van der Waals surface area contributed by atoms with Crippen LogP contribution in [-0.4, -0.2) is 41.6 Å². The Bertz CT molecular complexity index is 1320. The molecule has 3 aromatic carbocycles. The maximum absolute atomic E-state index is 13.0. The van der Waals surface area contributed by atoms with Gasteiger partial charge in [0.1, 0.15) is 0 Å². The van der Waals surface area contributed by atoms with Gasteiger partial charge in [0, 0.05) is 12.1 Å². The number of para-hydroxylation sites is 1. The number of carbonyl (C=O) groups excluding carboxylic acids is 1. The Morgan fingerprint density at radius 3 is 1.80 bits per heavy atom. The van der Waals surface area contributed by atoms with Crippen LogP contribution in [0.3, 0.4) is 0 Å². The number of nitrogens with one attached hydrogen (secondary N) is 1. The van der Waals surface area contributed by atoms with Crippen molar-refractivity contribution in [2.45, 2.75) is 70.9 Å². The highest BCUT2D eigenvalue weighted by atomic mass is 32.2. The van der Waals surface area contributed by atoms with E-state index in [1.54, 1.807) is 0 Å². The van der Waals surface area contributed by atoms with Crippen LogP contribution in [0.5, 0.6) is 0 Å². The van der Waals surface area contributed by atoms with E-state index in [9.17, 15) is 13.2 Å². The second-order valence-corrected chi connectivity index (χ2v) is 18.2. The monoisotopic (exact) mass is 581 g/mol. The van der Waals surface area contributed by atoms with Crippen molar-refractivity contribution in [3.05, 3.63) is 90.5 Å². The molecule has 8 heteroatoms. The van der Waals surface area contributed by atoms with E-state index in [1.165, 1.54) is 0 Å². The van der Waals surface area contributed by atoms with Crippen molar-refractivity contribution in [2.24, 2.45) is 0 Å². The molecule has 0 saturated heterocycles. The molecule has 0 fully saturated rings. The number of carbonyl (C=O) groups is 1. The quantitative estimate of drug-likeness (QED) is 0.235. The summed E-state index contributed by atoms with van der Waals surface area (Å²) in [5.41, 5.74) is 1.64. The van der Waals surface area contributed by atoms with Gasteiger partial charge in [-0.25, -0.2) is 0 Å². The van der Waals surface area contributed by atoms with E-state index in [0.717, 1.165) is 27.9 Å². The van der Waals surface area contributed by atoms with Gasteiger partial charge in [0.15, 0.2) is 0 Å². The minimum atomic E-state index is -3.78. The average molecular weight is 582 g/mol. The van der Waals surface area contributed by atoms with E-state index < -0.39 is 24.5 Å². The molecule has 0 aromatic heterocycles. The summed E-state index contributed by atoms with van der Waals surface area (Å²) in [6, 6.07) is 28.0. The van der Waals surface area contributed by atoms with Crippen LogP contribution in [0.2, 0.25) is 5.04 Å². The average Bonchev–Trinajstić information content (AvgIpc) is 2.87. The molecule has 0 heterocycles. The highest BCUT2D eigenvalue weighted by Gasteiger charge is 2.50. The molecule has 0 saturated carbocycles. The van der Waals surface area contributed by atoms with Gasteiger partial charge in [0.25, 0.3) is 18.4 Å². The van der Waals surface area contributed by atoms with Crippen LogP contribution in [0.25, 0.3) is 0 Å². The van der Waals surface area contributed by atoms with Crippen LogP contribution < -0.4 is 15.7 Å². The zero-order valence-corrected chi connectivity index (χ0v) is 26.5. The van der Waals surface area contributed by atoms with Gasteiger partial charge < -0.3 is 9.74 Å². The van der Waals surface area contributed by atoms with E-state index in [4.69, 9.17) is 8.61 Å². The Hall–Kier alpha value is -2.78. The van der Waals surface area contributed by atoms with Gasteiger partial charge in [0.05, 0.1) is 19.0 Å². The smallest absolute Gasteiger partial charge is 0.264 e. The molecule has 1 N–H and O–H groups in total. The third-order valence-electron chi connectivity index (χ3n) is 6.92. The highest BCUT2D eigenvalue weighted by Crippen LogP contribution is 2.37. The molecule has 1 atom stereocenters. The molecule has 3 aromatic rings. The lowest BCUT2D eigenvalue weighted by Crippen LogP contribution is -2.67. The van der Waals surface area contributed by atoms with Gasteiger partial charge in [0.2, 0.25) is 5.91 Å². The van der Waals surface area contributed by atoms with Crippen LogP contribution in [0.1, 0.15) is 59.9 Å². The zero-order valence-electron chi connectivity index (χ0n) is 24.7. The molecule has 216 valence electrons. The summed E-state index contributed by atoms with van der Waals surface area (Å²) in [5.74, 6) is -0.204. The largest absolute Gasteiger partial charge is 0.405 e. The third kappa shape index (κ3) is 8.13. The Labute approximate surface area is 241 Å². The van der Waals surface area contributed by atoms with Crippen LogP contribution in [0.15, 0.2) is 84.9 Å². The van der Waals surface area contributed by atoms with Crippen LogP contribution in [-0.2, 0) is 28.9 Å². The summed E-state index contributed by atoms with van der Waals surface area (Å²) in [6.07, 6.45) is 0.486. The molecule has 0 aliphatic rings. The van der Waals surface area contributed by atoms with Gasteiger partial charge in [-0.05, 0) is 38.9 Å². The molecule has 6 nitrogen and oxygen atoms in total. The molecule has 0 radical (unpaired) electrons. The maximum atomic E-state index is 13.0. The molecule has 0 spiro atoms. The lowest BCUT2D eigenvalue weighted by atomic mass is 9.86. The van der Waals surface area contributed by atoms with Crippen molar-refractivity contribution in [3.8, 4) is 0 Å². The molecule has 3 rings (SSSR count). The summed E-state index contributed by atoms with van der Waals surface area (Å²) in [4.78, 5) is 13.0. The highest BCUT2D eigenvalue weighted by molar-refractivity contribution is 7.86. The predicted octanol–water partition coefficient (Wildman–Crippen LogP) is 5.62. The van der Waals surface area contributed by atoms with Crippen molar-refractivity contribution in [3.63, 3.8) is 0 Å². The van der Waals surface area contributed by atoms with Gasteiger partial charge in [-0.3, -0.25) is 8.98 Å². The predicted molar refractivity (Wildman–Crippen MR) is 166 cm³/mol. The summed E-state index contributed by atoms with van der Waals surface area (Å²) >= 11 is 0. The van der Waals surface area contributed by atoms with E-state index in [1.807, 2.05) is 60.7 Å². The van der Waals surface area contributed by atoms with Crippen LogP contribution in [0.4, 0.5) is 5.69 Å². The van der Waals surface area contributed by atoms with E-state index in [0.29, 0.717) is 0 Å². The van der Waals surface area contributed by atoms with E-state index in [-0.39, 0.29) is 35.8 Å². The lowest BCUT2D eigenvalue weighted by molar-refractivity contribution is -0.116. The van der Waals surface area contributed by atoms with Crippen molar-refractivity contribution in [2.75, 3.05) is 18.2 Å². The number of hydrogen-bond acceptors (Lipinski definition) is 5. The molecule has 40 heavy (non-hydrogen) atoms. The fraction of sp³-hybridized carbons (Fsp3) is 0.406. The first-order chi connectivity index (χ1) is 18.6. The summed E-state index contributed by atoms with van der Waals surface area (Å²) < 4.78 is 36.8. The Morgan fingerprint density at radius 2 is 1.32 bits per heavy atom. The SMILES string of the molecule is CC(C)(C)c1ccccc1NC(=O)CCC(CO[Si](c1ccccc1)(c1ccccc1)C(C)(C)C)OS(C)(=O)=O. The number of benzene rings is 3. The molecule has 1 amide bonds. The molecule has 0 aliphatic carbocycles. The summed E-state index contributed by atoms with van der Waals surface area (Å²) in [7, 11) is -6.69. The van der Waals surface area contributed by atoms with Crippen molar-refractivity contribution >= 4 is 40.4 Å². The minimum absolute atomic E-state index is 0.0339. The minimum Gasteiger partial charge on any atom is -0.405 e. The first-order valence-corrected chi connectivity index (χ1v) is 17.4. The molecule has 0 bridgehead atoms. The zero-order chi connectivity index (χ0) is 29.6. The topological polar surface area (TPSA) is 81.7 Å². The normalized spacial score (nSPS) is 13.6. The lowest BCUT2D eigenvalue weighted by Gasteiger charge is -2.43. The molecular formula is C32H43NO5SSi. The van der Waals surface area contributed by atoms with Gasteiger partial charge in [-0.2, -0.15) is 8.42 Å².